The Hall–Kier alpha value is 0.400. The first-order chi connectivity index (χ1) is 7.77. The first kappa shape index (κ1) is 21.7. The van der Waals surface area contributed by atoms with Crippen molar-refractivity contribution in [2.75, 3.05) is 14.1 Å². The smallest absolute Gasteiger partial charge is 1.00 e. The monoisotopic (exact) mass is 484 g/mol. The van der Waals surface area contributed by atoms with Gasteiger partial charge in [0.25, 0.3) is 0 Å². The summed E-state index contributed by atoms with van der Waals surface area (Å²) in [6.45, 7) is 0. The molecule has 1 atom stereocenters. The van der Waals surface area contributed by atoms with E-state index in [9.17, 15) is 0 Å². The van der Waals surface area contributed by atoms with E-state index >= 15 is 0 Å². The molecule has 0 saturated carbocycles. The van der Waals surface area contributed by atoms with Gasteiger partial charge in [-0.3, -0.25) is 0 Å². The van der Waals surface area contributed by atoms with Crippen molar-refractivity contribution in [3.05, 3.63) is 57.5 Å². The van der Waals surface area contributed by atoms with Gasteiger partial charge in [-0.15, -0.1) is 0 Å². The number of halogens is 3. The van der Waals surface area contributed by atoms with Crippen LogP contribution < -0.4 is 37.2 Å². The van der Waals surface area contributed by atoms with Gasteiger partial charge in [-0.25, -0.2) is 0 Å². The Balaban J connectivity index is 0. The van der Waals surface area contributed by atoms with E-state index in [2.05, 4.69) is 67.6 Å². The van der Waals surface area contributed by atoms with Gasteiger partial charge in [0.1, 0.15) is 0 Å². The molecule has 0 radical (unpaired) electrons. The molecule has 0 N–H and O–H groups in total. The SMILES string of the molecule is CN(C)[CH]([Hf+3][C]1=CC=CC1)c1ccccc1.[Cl-].[Cl-].[Cl-]. The summed E-state index contributed by atoms with van der Waals surface area (Å²) >= 11 is -0.759. The molecule has 0 bridgehead atoms. The summed E-state index contributed by atoms with van der Waals surface area (Å²) < 4.78 is 2.41. The van der Waals surface area contributed by atoms with Crippen LogP contribution in [0.5, 0.6) is 0 Å². The Morgan fingerprint density at radius 3 is 2.16 bits per heavy atom. The van der Waals surface area contributed by atoms with Crippen LogP contribution in [-0.4, -0.2) is 19.0 Å². The quantitative estimate of drug-likeness (QED) is 0.386. The minimum Gasteiger partial charge on any atom is -1.00 e. The minimum atomic E-state index is -0.759. The number of allylic oxidation sites excluding steroid dienone is 4. The van der Waals surface area contributed by atoms with Crippen molar-refractivity contribution in [2.45, 2.75) is 10.2 Å². The third-order valence-electron chi connectivity index (χ3n) is 2.73. The molecule has 19 heavy (non-hydrogen) atoms. The summed E-state index contributed by atoms with van der Waals surface area (Å²) in [5.74, 6) is 0. The van der Waals surface area contributed by atoms with E-state index in [4.69, 9.17) is 0 Å². The minimum absolute atomic E-state index is 0. The zero-order valence-electron chi connectivity index (χ0n) is 11.0. The largest absolute Gasteiger partial charge is 1.00 e. The van der Waals surface area contributed by atoms with Crippen LogP contribution in [0.3, 0.4) is 0 Å². The van der Waals surface area contributed by atoms with Crippen LogP contribution >= 0.6 is 0 Å². The third-order valence-corrected chi connectivity index (χ3v) is 9.42. The average Bonchev–Trinajstić information content (AvgIpc) is 2.79. The maximum absolute atomic E-state index is 2.39. The molecule has 1 aromatic carbocycles. The summed E-state index contributed by atoms with van der Waals surface area (Å²) in [5.41, 5.74) is 1.49. The summed E-state index contributed by atoms with van der Waals surface area (Å²) in [6, 6.07) is 10.9. The Morgan fingerprint density at radius 1 is 1.05 bits per heavy atom. The molecule has 0 saturated heterocycles. The van der Waals surface area contributed by atoms with E-state index in [0.717, 1.165) is 0 Å². The predicted molar refractivity (Wildman–Crippen MR) is 64.7 cm³/mol. The molecule has 1 aliphatic rings. The van der Waals surface area contributed by atoms with E-state index in [-0.39, 0.29) is 37.2 Å². The molecule has 1 unspecified atom stereocenters. The number of rotatable bonds is 4. The first-order valence-corrected chi connectivity index (χ1v) is 9.48. The molecule has 1 nitrogen and oxygen atoms in total. The fourth-order valence-electron chi connectivity index (χ4n) is 1.88. The maximum atomic E-state index is 2.39. The van der Waals surface area contributed by atoms with Crippen molar-refractivity contribution in [1.82, 2.24) is 4.90 Å². The standard InChI is InChI=1S/C9H12N.C5H5.3ClH.Hf/c1-10(2)8-9-6-4-3-5-7-9;1-2-4-5-3-1;;;;/h3-8H,1-2H3;1-3H,4H2;3*1H;/q;;;;;+3/p-3. The van der Waals surface area contributed by atoms with Crippen molar-refractivity contribution in [3.8, 4) is 0 Å². The van der Waals surface area contributed by atoms with Gasteiger partial charge in [0.05, 0.1) is 0 Å². The van der Waals surface area contributed by atoms with Gasteiger partial charge >= 0.3 is 110 Å². The average molecular weight is 484 g/mol. The van der Waals surface area contributed by atoms with E-state index in [1.165, 1.54) is 12.0 Å². The number of hydrogen-bond donors (Lipinski definition) is 0. The van der Waals surface area contributed by atoms with Crippen molar-refractivity contribution < 1.29 is 60.1 Å². The van der Waals surface area contributed by atoms with Gasteiger partial charge in [0.2, 0.25) is 0 Å². The van der Waals surface area contributed by atoms with Gasteiger partial charge in [-0.1, -0.05) is 0 Å². The Bertz CT molecular complexity index is 404. The summed E-state index contributed by atoms with van der Waals surface area (Å²) in [5, 5.41) is 0. The second-order valence-corrected chi connectivity index (χ2v) is 9.55. The van der Waals surface area contributed by atoms with Gasteiger partial charge < -0.3 is 37.2 Å². The molecule has 1 aromatic rings. The van der Waals surface area contributed by atoms with Crippen molar-refractivity contribution in [3.63, 3.8) is 0 Å². The summed E-state index contributed by atoms with van der Waals surface area (Å²) in [6.07, 6.45) is 8.03. The molecule has 2 rings (SSSR count). The molecular formula is C14H17Cl3HfN. The molecule has 0 spiro atoms. The predicted octanol–water partition coefficient (Wildman–Crippen LogP) is -5.81. The van der Waals surface area contributed by atoms with E-state index in [0.29, 0.717) is 3.80 Å². The zero-order chi connectivity index (χ0) is 11.4. The topological polar surface area (TPSA) is 3.24 Å². The molecular weight excluding hydrogens is 467 g/mol. The number of benzene rings is 1. The Kier molecular flexibility index (Phi) is 12.7. The second-order valence-electron chi connectivity index (χ2n) is 4.25. The molecule has 103 valence electrons. The first-order valence-electron chi connectivity index (χ1n) is 5.61. The van der Waals surface area contributed by atoms with Crippen LogP contribution in [-0.2, 0) is 22.9 Å². The van der Waals surface area contributed by atoms with E-state index in [1.54, 1.807) is 3.33 Å². The molecule has 0 aliphatic heterocycles. The maximum Gasteiger partial charge on any atom is -1.00 e. The van der Waals surface area contributed by atoms with Crippen LogP contribution in [0.25, 0.3) is 0 Å². The molecule has 5 heteroatoms. The van der Waals surface area contributed by atoms with E-state index < -0.39 is 22.9 Å². The van der Waals surface area contributed by atoms with Crippen LogP contribution in [0.1, 0.15) is 15.8 Å². The fourth-order valence-corrected chi connectivity index (χ4v) is 6.89. The normalized spacial score (nSPS) is 13.5. The Morgan fingerprint density at radius 2 is 1.68 bits per heavy atom. The van der Waals surface area contributed by atoms with Crippen LogP contribution in [0.4, 0.5) is 0 Å². The van der Waals surface area contributed by atoms with Gasteiger partial charge in [0, 0.05) is 0 Å². The zero-order valence-corrected chi connectivity index (χ0v) is 16.8. The van der Waals surface area contributed by atoms with Gasteiger partial charge in [0.15, 0.2) is 0 Å². The fraction of sp³-hybridized carbons (Fsp3) is 0.286. The third kappa shape index (κ3) is 6.59. The summed E-state index contributed by atoms with van der Waals surface area (Å²) in [4.78, 5) is 2.39. The van der Waals surface area contributed by atoms with Crippen LogP contribution in [0, 0.1) is 0 Å². The molecule has 0 heterocycles. The van der Waals surface area contributed by atoms with Crippen molar-refractivity contribution >= 4 is 0 Å². The molecule has 0 aromatic heterocycles. The number of hydrogen-bond acceptors (Lipinski definition) is 1. The van der Waals surface area contributed by atoms with Crippen molar-refractivity contribution in [2.24, 2.45) is 0 Å². The Labute approximate surface area is 146 Å². The van der Waals surface area contributed by atoms with Gasteiger partial charge in [-0.2, -0.15) is 0 Å². The molecule has 0 fully saturated rings. The molecule has 1 aliphatic carbocycles. The van der Waals surface area contributed by atoms with Gasteiger partial charge in [-0.05, 0) is 0 Å². The van der Waals surface area contributed by atoms with Crippen molar-refractivity contribution in [1.29, 1.82) is 0 Å². The molecule has 0 amide bonds. The van der Waals surface area contributed by atoms with Crippen LogP contribution in [0.15, 0.2) is 51.9 Å². The summed E-state index contributed by atoms with van der Waals surface area (Å²) in [7, 11) is 4.40. The second kappa shape index (κ2) is 11.1. The van der Waals surface area contributed by atoms with Crippen LogP contribution in [0.2, 0.25) is 0 Å². The van der Waals surface area contributed by atoms with E-state index in [1.807, 2.05) is 0 Å². The number of nitrogens with zero attached hydrogens (tertiary/aromatic N) is 1.